The number of carbonyl (C=O) groups is 1. The van der Waals surface area contributed by atoms with Crippen LogP contribution < -0.4 is 11.1 Å². The molecule has 0 spiro atoms. The van der Waals surface area contributed by atoms with Crippen LogP contribution in [-0.4, -0.2) is 12.5 Å². The quantitative estimate of drug-likeness (QED) is 0.848. The van der Waals surface area contributed by atoms with Gasteiger partial charge in [0, 0.05) is 12.0 Å². The highest BCUT2D eigenvalue weighted by Crippen LogP contribution is 2.18. The fourth-order valence-corrected chi connectivity index (χ4v) is 1.62. The molecular weight excluding hydrogens is 238 g/mol. The van der Waals surface area contributed by atoms with Crippen LogP contribution in [0.4, 0.5) is 8.78 Å². The molecule has 0 heterocycles. The van der Waals surface area contributed by atoms with E-state index < -0.39 is 17.7 Å². The number of hydrogen-bond donors (Lipinski definition) is 2. The molecule has 0 saturated carbocycles. The number of carbonyl (C=O) groups excluding carboxylic acids is 1. The van der Waals surface area contributed by atoms with Gasteiger partial charge in [-0.05, 0) is 37.6 Å². The van der Waals surface area contributed by atoms with Crippen LogP contribution in [0.1, 0.15) is 31.9 Å². The van der Waals surface area contributed by atoms with E-state index in [9.17, 15) is 13.6 Å². The van der Waals surface area contributed by atoms with Gasteiger partial charge in [-0.25, -0.2) is 8.78 Å². The highest BCUT2D eigenvalue weighted by molar-refractivity contribution is 5.76. The smallest absolute Gasteiger partial charge is 0.220 e. The molecule has 100 valence electrons. The summed E-state index contributed by atoms with van der Waals surface area (Å²) in [5, 5.41) is 2.63. The maximum Gasteiger partial charge on any atom is 0.220 e. The molecule has 18 heavy (non-hydrogen) atoms. The number of halogens is 2. The normalized spacial score (nSPS) is 14.1. The van der Waals surface area contributed by atoms with E-state index >= 15 is 0 Å². The van der Waals surface area contributed by atoms with Gasteiger partial charge < -0.3 is 11.1 Å². The molecule has 0 aliphatic heterocycles. The molecule has 1 aromatic carbocycles. The Morgan fingerprint density at radius 1 is 1.39 bits per heavy atom. The lowest BCUT2D eigenvalue weighted by Gasteiger charge is -2.16. The number of rotatable bonds is 5. The van der Waals surface area contributed by atoms with Gasteiger partial charge in [-0.2, -0.15) is 0 Å². The zero-order valence-electron chi connectivity index (χ0n) is 10.5. The largest absolute Gasteiger partial charge is 0.349 e. The lowest BCUT2D eigenvalue weighted by molar-refractivity contribution is -0.122. The molecule has 5 heteroatoms. The summed E-state index contributed by atoms with van der Waals surface area (Å²) in [6.07, 6.45) is 0.276. The van der Waals surface area contributed by atoms with Gasteiger partial charge in [0.15, 0.2) is 0 Å². The summed E-state index contributed by atoms with van der Waals surface area (Å²) in [6, 6.07) is 2.62. The maximum absolute atomic E-state index is 13.5. The van der Waals surface area contributed by atoms with Gasteiger partial charge in [0.25, 0.3) is 0 Å². The highest BCUT2D eigenvalue weighted by atomic mass is 19.1. The second kappa shape index (κ2) is 6.44. The van der Waals surface area contributed by atoms with Crippen molar-refractivity contribution in [3.05, 3.63) is 35.4 Å². The van der Waals surface area contributed by atoms with Crippen LogP contribution in [0.5, 0.6) is 0 Å². The third-order valence-electron chi connectivity index (χ3n) is 2.74. The summed E-state index contributed by atoms with van der Waals surface area (Å²) in [7, 11) is 0. The summed E-state index contributed by atoms with van der Waals surface area (Å²) >= 11 is 0. The fourth-order valence-electron chi connectivity index (χ4n) is 1.62. The van der Waals surface area contributed by atoms with Crippen molar-refractivity contribution in [2.75, 3.05) is 6.54 Å². The predicted octanol–water partition coefficient (Wildman–Crippen LogP) is 2.13. The van der Waals surface area contributed by atoms with Crippen molar-refractivity contribution in [1.82, 2.24) is 5.32 Å². The van der Waals surface area contributed by atoms with Gasteiger partial charge in [0.1, 0.15) is 11.6 Å². The third kappa shape index (κ3) is 4.07. The minimum atomic E-state index is -0.571. The van der Waals surface area contributed by atoms with Crippen molar-refractivity contribution in [1.29, 1.82) is 0 Å². The average molecular weight is 256 g/mol. The SMILES string of the molecule is CC(CN)CC(=O)NC(C)c1cc(F)ccc1F. The van der Waals surface area contributed by atoms with E-state index in [-0.39, 0.29) is 23.8 Å². The van der Waals surface area contributed by atoms with Crippen molar-refractivity contribution in [2.24, 2.45) is 11.7 Å². The predicted molar refractivity (Wildman–Crippen MR) is 65.8 cm³/mol. The van der Waals surface area contributed by atoms with Crippen LogP contribution in [0, 0.1) is 17.6 Å². The fraction of sp³-hybridized carbons (Fsp3) is 0.462. The van der Waals surface area contributed by atoms with Gasteiger partial charge in [-0.1, -0.05) is 6.92 Å². The Balaban J connectivity index is 2.67. The Hall–Kier alpha value is -1.49. The van der Waals surface area contributed by atoms with Gasteiger partial charge in [-0.15, -0.1) is 0 Å². The molecule has 0 aliphatic rings. The first-order valence-electron chi connectivity index (χ1n) is 5.88. The van der Waals surface area contributed by atoms with E-state index in [1.165, 1.54) is 0 Å². The molecule has 3 nitrogen and oxygen atoms in total. The number of hydrogen-bond acceptors (Lipinski definition) is 2. The Morgan fingerprint density at radius 3 is 2.67 bits per heavy atom. The molecule has 0 saturated heterocycles. The molecule has 1 amide bonds. The number of benzene rings is 1. The summed E-state index contributed by atoms with van der Waals surface area (Å²) in [4.78, 5) is 11.6. The summed E-state index contributed by atoms with van der Waals surface area (Å²) < 4.78 is 26.5. The Bertz CT molecular complexity index is 423. The molecule has 2 unspecified atom stereocenters. The van der Waals surface area contributed by atoms with Crippen molar-refractivity contribution in [3.8, 4) is 0 Å². The van der Waals surface area contributed by atoms with Crippen LogP contribution in [0.2, 0.25) is 0 Å². The molecule has 0 fully saturated rings. The highest BCUT2D eigenvalue weighted by Gasteiger charge is 2.15. The van der Waals surface area contributed by atoms with E-state index in [4.69, 9.17) is 5.73 Å². The zero-order valence-corrected chi connectivity index (χ0v) is 10.5. The molecule has 3 N–H and O–H groups in total. The van der Waals surface area contributed by atoms with E-state index in [1.807, 2.05) is 6.92 Å². The van der Waals surface area contributed by atoms with Gasteiger partial charge in [0.05, 0.1) is 6.04 Å². The van der Waals surface area contributed by atoms with Crippen molar-refractivity contribution in [3.63, 3.8) is 0 Å². The van der Waals surface area contributed by atoms with Crippen LogP contribution in [0.3, 0.4) is 0 Å². The van der Waals surface area contributed by atoms with E-state index in [0.29, 0.717) is 6.54 Å². The third-order valence-corrected chi connectivity index (χ3v) is 2.74. The minimum Gasteiger partial charge on any atom is -0.349 e. The molecule has 1 aromatic rings. The molecule has 0 aromatic heterocycles. The number of nitrogens with one attached hydrogen (secondary N) is 1. The maximum atomic E-state index is 13.5. The first-order chi connectivity index (χ1) is 8.43. The van der Waals surface area contributed by atoms with Gasteiger partial charge >= 0.3 is 0 Å². The van der Waals surface area contributed by atoms with E-state index in [1.54, 1.807) is 6.92 Å². The summed E-state index contributed by atoms with van der Waals surface area (Å²) in [5.41, 5.74) is 5.56. The van der Waals surface area contributed by atoms with Crippen molar-refractivity contribution in [2.45, 2.75) is 26.3 Å². The number of amides is 1. The Labute approximate surface area is 105 Å². The standard InChI is InChI=1S/C13H18F2N2O/c1-8(7-16)5-13(18)17-9(2)11-6-10(14)3-4-12(11)15/h3-4,6,8-9H,5,7,16H2,1-2H3,(H,17,18). The van der Waals surface area contributed by atoms with E-state index in [0.717, 1.165) is 18.2 Å². The van der Waals surface area contributed by atoms with Crippen LogP contribution in [-0.2, 0) is 4.79 Å². The zero-order chi connectivity index (χ0) is 13.7. The van der Waals surface area contributed by atoms with Gasteiger partial charge in [0.2, 0.25) is 5.91 Å². The lowest BCUT2D eigenvalue weighted by atomic mass is 10.1. The molecule has 0 radical (unpaired) electrons. The average Bonchev–Trinajstić information content (AvgIpc) is 2.31. The first kappa shape index (κ1) is 14.6. The summed E-state index contributed by atoms with van der Waals surface area (Å²) in [6.45, 7) is 3.88. The molecule has 1 rings (SSSR count). The summed E-state index contributed by atoms with van der Waals surface area (Å²) in [5.74, 6) is -1.21. The second-order valence-corrected chi connectivity index (χ2v) is 4.50. The molecular formula is C13H18F2N2O. The Kier molecular flexibility index (Phi) is 5.22. The minimum absolute atomic E-state index is 0.0644. The monoisotopic (exact) mass is 256 g/mol. The topological polar surface area (TPSA) is 55.1 Å². The Morgan fingerprint density at radius 2 is 2.06 bits per heavy atom. The van der Waals surface area contributed by atoms with Gasteiger partial charge in [-0.3, -0.25) is 4.79 Å². The lowest BCUT2D eigenvalue weighted by Crippen LogP contribution is -2.30. The first-order valence-corrected chi connectivity index (χ1v) is 5.88. The van der Waals surface area contributed by atoms with Crippen molar-refractivity contribution < 1.29 is 13.6 Å². The van der Waals surface area contributed by atoms with Crippen LogP contribution in [0.25, 0.3) is 0 Å². The van der Waals surface area contributed by atoms with Crippen LogP contribution in [0.15, 0.2) is 18.2 Å². The van der Waals surface area contributed by atoms with E-state index in [2.05, 4.69) is 5.32 Å². The molecule has 2 atom stereocenters. The molecule has 0 bridgehead atoms. The number of nitrogens with two attached hydrogens (primary N) is 1. The molecule has 0 aliphatic carbocycles. The van der Waals surface area contributed by atoms with Crippen molar-refractivity contribution >= 4 is 5.91 Å². The van der Waals surface area contributed by atoms with Crippen LogP contribution >= 0.6 is 0 Å². The second-order valence-electron chi connectivity index (χ2n) is 4.50.